The lowest BCUT2D eigenvalue weighted by atomic mass is 10.3. The van der Waals surface area contributed by atoms with E-state index in [1.807, 2.05) is 0 Å². The Hall–Kier alpha value is -1.47. The van der Waals surface area contributed by atoms with E-state index in [1.165, 1.54) is 11.0 Å². The number of nitrogens with two attached hydrogens (primary N) is 1. The van der Waals surface area contributed by atoms with Gasteiger partial charge in [-0.15, -0.1) is 0 Å². The molecule has 1 aromatic rings. The molecule has 0 saturated heterocycles. The summed E-state index contributed by atoms with van der Waals surface area (Å²) in [7, 11) is 1.58. The Labute approximate surface area is 94.0 Å². The fourth-order valence-electron chi connectivity index (χ4n) is 1.13. The number of hydrogen-bond donors (Lipinski definition) is 2. The van der Waals surface area contributed by atoms with Crippen LogP contribution >= 0.6 is 0 Å². The Kier molecular flexibility index (Phi) is 4.87. The van der Waals surface area contributed by atoms with Gasteiger partial charge in [0.2, 0.25) is 5.91 Å². The first kappa shape index (κ1) is 12.6. The average Bonchev–Trinajstić information content (AvgIpc) is 2.76. The van der Waals surface area contributed by atoms with Crippen LogP contribution in [0.1, 0.15) is 18.8 Å². The van der Waals surface area contributed by atoms with Gasteiger partial charge in [0, 0.05) is 13.7 Å². The lowest BCUT2D eigenvalue weighted by molar-refractivity contribution is -0.124. The van der Waals surface area contributed by atoms with Crippen molar-refractivity contribution in [2.24, 2.45) is 5.73 Å². The maximum absolute atomic E-state index is 11.6. The second kappa shape index (κ2) is 6.19. The fourth-order valence-corrected chi connectivity index (χ4v) is 1.13. The lowest BCUT2D eigenvalue weighted by Crippen LogP contribution is -2.33. The van der Waals surface area contributed by atoms with E-state index in [-0.39, 0.29) is 12.5 Å². The normalized spacial score (nSPS) is 12.4. The number of rotatable bonds is 6. The highest BCUT2D eigenvalue weighted by Gasteiger charge is 2.15. The third-order valence-corrected chi connectivity index (χ3v) is 2.12. The third-order valence-electron chi connectivity index (χ3n) is 2.12. The Morgan fingerprint density at radius 3 is 3.06 bits per heavy atom. The van der Waals surface area contributed by atoms with Crippen LogP contribution in [0.25, 0.3) is 0 Å². The maximum atomic E-state index is 11.6. The van der Waals surface area contributed by atoms with Crippen molar-refractivity contribution in [2.75, 3.05) is 20.3 Å². The van der Waals surface area contributed by atoms with Gasteiger partial charge in [-0.05, 0) is 6.92 Å². The molecule has 1 amide bonds. The van der Waals surface area contributed by atoms with Crippen molar-refractivity contribution in [3.8, 4) is 0 Å². The molecule has 1 unspecified atom stereocenters. The molecule has 0 saturated carbocycles. The summed E-state index contributed by atoms with van der Waals surface area (Å²) in [6, 6.07) is -0.398. The van der Waals surface area contributed by atoms with Crippen molar-refractivity contribution in [3.05, 3.63) is 12.2 Å². The van der Waals surface area contributed by atoms with Crippen molar-refractivity contribution >= 4 is 5.91 Å². The second-order valence-electron chi connectivity index (χ2n) is 3.30. The van der Waals surface area contributed by atoms with E-state index < -0.39 is 6.04 Å². The largest absolute Gasteiger partial charge is 0.383 e. The molecular weight excluding hydrogens is 210 g/mol. The monoisotopic (exact) mass is 227 g/mol. The molecule has 3 N–H and O–H groups in total. The minimum atomic E-state index is -0.398. The number of methoxy groups -OCH3 is 1. The summed E-state index contributed by atoms with van der Waals surface area (Å²) in [5.41, 5.74) is 5.38. The van der Waals surface area contributed by atoms with Gasteiger partial charge in [-0.1, -0.05) is 0 Å². The van der Waals surface area contributed by atoms with E-state index in [0.717, 1.165) is 0 Å². The number of carbonyl (C=O) groups is 1. The number of nitrogens with zero attached hydrogens (tertiary/aromatic N) is 3. The Bertz CT molecular complexity index is 338. The summed E-state index contributed by atoms with van der Waals surface area (Å²) in [4.78, 5) is 15.6. The van der Waals surface area contributed by atoms with Crippen molar-refractivity contribution < 1.29 is 9.53 Å². The van der Waals surface area contributed by atoms with Crippen molar-refractivity contribution in [2.45, 2.75) is 19.5 Å². The second-order valence-corrected chi connectivity index (χ2v) is 3.30. The topological polar surface area (TPSA) is 95.1 Å². The van der Waals surface area contributed by atoms with Crippen molar-refractivity contribution in [1.29, 1.82) is 0 Å². The molecule has 0 aliphatic heterocycles. The van der Waals surface area contributed by atoms with Crippen LogP contribution in [0.3, 0.4) is 0 Å². The van der Waals surface area contributed by atoms with Gasteiger partial charge in [0.15, 0.2) is 5.82 Å². The molecule has 7 heteroatoms. The zero-order valence-electron chi connectivity index (χ0n) is 9.51. The quantitative estimate of drug-likeness (QED) is 0.612. The van der Waals surface area contributed by atoms with Crippen LogP contribution in [-0.4, -0.2) is 40.9 Å². The molecule has 0 radical (unpaired) electrons. The third kappa shape index (κ3) is 3.28. The van der Waals surface area contributed by atoms with Gasteiger partial charge >= 0.3 is 0 Å². The molecule has 0 aromatic carbocycles. The molecular formula is C9H17N5O2. The number of ether oxygens (including phenoxy) is 1. The summed E-state index contributed by atoms with van der Waals surface area (Å²) >= 11 is 0. The number of carbonyl (C=O) groups excluding carboxylic acids is 1. The SMILES string of the molecule is COCCNC(=O)C(C)n1cnc(CN)n1. The van der Waals surface area contributed by atoms with E-state index in [0.29, 0.717) is 19.0 Å². The first-order valence-corrected chi connectivity index (χ1v) is 5.05. The van der Waals surface area contributed by atoms with E-state index in [2.05, 4.69) is 15.4 Å². The number of aromatic nitrogens is 3. The molecule has 0 spiro atoms. The molecule has 1 heterocycles. The highest BCUT2D eigenvalue weighted by Crippen LogP contribution is 2.02. The molecule has 0 bridgehead atoms. The van der Waals surface area contributed by atoms with Crippen LogP contribution in [0, 0.1) is 0 Å². The first-order chi connectivity index (χ1) is 7.69. The van der Waals surface area contributed by atoms with Crippen LogP contribution in [0.15, 0.2) is 6.33 Å². The van der Waals surface area contributed by atoms with Crippen LogP contribution < -0.4 is 11.1 Å². The first-order valence-electron chi connectivity index (χ1n) is 5.05. The number of hydrogen-bond acceptors (Lipinski definition) is 5. The predicted molar refractivity (Wildman–Crippen MR) is 57.5 cm³/mol. The zero-order chi connectivity index (χ0) is 12.0. The molecule has 0 aliphatic rings. The van der Waals surface area contributed by atoms with Gasteiger partial charge in [0.05, 0.1) is 13.2 Å². The van der Waals surface area contributed by atoms with Gasteiger partial charge in [-0.3, -0.25) is 4.79 Å². The van der Waals surface area contributed by atoms with Gasteiger partial charge in [-0.25, -0.2) is 9.67 Å². The fraction of sp³-hybridized carbons (Fsp3) is 0.667. The molecule has 16 heavy (non-hydrogen) atoms. The molecule has 0 fully saturated rings. The minimum absolute atomic E-state index is 0.120. The average molecular weight is 227 g/mol. The molecule has 1 rings (SSSR count). The van der Waals surface area contributed by atoms with Crippen LogP contribution in [0.5, 0.6) is 0 Å². The number of nitrogens with one attached hydrogen (secondary N) is 1. The summed E-state index contributed by atoms with van der Waals surface area (Å²) < 4.78 is 6.32. The minimum Gasteiger partial charge on any atom is -0.383 e. The summed E-state index contributed by atoms with van der Waals surface area (Å²) in [5, 5.41) is 6.79. The zero-order valence-corrected chi connectivity index (χ0v) is 9.51. The molecule has 90 valence electrons. The van der Waals surface area contributed by atoms with E-state index in [4.69, 9.17) is 10.5 Å². The van der Waals surface area contributed by atoms with E-state index in [9.17, 15) is 4.79 Å². The molecule has 1 atom stereocenters. The predicted octanol–water partition coefficient (Wildman–Crippen LogP) is -0.940. The van der Waals surface area contributed by atoms with Crippen molar-refractivity contribution in [3.63, 3.8) is 0 Å². The summed E-state index contributed by atoms with van der Waals surface area (Å²) in [6.07, 6.45) is 1.50. The molecule has 0 aliphatic carbocycles. The van der Waals surface area contributed by atoms with Crippen LogP contribution in [0.2, 0.25) is 0 Å². The van der Waals surface area contributed by atoms with Gasteiger partial charge in [0.25, 0.3) is 0 Å². The van der Waals surface area contributed by atoms with Crippen molar-refractivity contribution in [1.82, 2.24) is 20.1 Å². The Balaban J connectivity index is 2.49. The molecule has 1 aromatic heterocycles. The summed E-state index contributed by atoms with van der Waals surface area (Å²) in [5.74, 6) is 0.405. The molecule has 7 nitrogen and oxygen atoms in total. The van der Waals surface area contributed by atoms with Gasteiger partial charge in [-0.2, -0.15) is 5.10 Å². The van der Waals surface area contributed by atoms with Gasteiger partial charge < -0.3 is 15.8 Å². The summed E-state index contributed by atoms with van der Waals surface area (Å²) in [6.45, 7) is 2.99. The van der Waals surface area contributed by atoms with Crippen LogP contribution in [0.4, 0.5) is 0 Å². The standard InChI is InChI=1S/C9H17N5O2/c1-7(9(15)11-3-4-16-2)14-6-12-8(5-10)13-14/h6-7H,3-5,10H2,1-2H3,(H,11,15). The van der Waals surface area contributed by atoms with Gasteiger partial charge in [0.1, 0.15) is 12.4 Å². The van der Waals surface area contributed by atoms with E-state index in [1.54, 1.807) is 14.0 Å². The Morgan fingerprint density at radius 1 is 1.75 bits per heavy atom. The van der Waals surface area contributed by atoms with E-state index >= 15 is 0 Å². The van der Waals surface area contributed by atoms with Crippen LogP contribution in [-0.2, 0) is 16.1 Å². The Morgan fingerprint density at radius 2 is 2.50 bits per heavy atom. The number of amides is 1. The smallest absolute Gasteiger partial charge is 0.244 e. The highest BCUT2D eigenvalue weighted by molar-refractivity contribution is 5.79. The maximum Gasteiger partial charge on any atom is 0.244 e. The highest BCUT2D eigenvalue weighted by atomic mass is 16.5. The lowest BCUT2D eigenvalue weighted by Gasteiger charge is -2.11.